The minimum atomic E-state index is -4.61. The van der Waals surface area contributed by atoms with Crippen molar-refractivity contribution in [1.29, 1.82) is 0 Å². The summed E-state index contributed by atoms with van der Waals surface area (Å²) in [5, 5.41) is 0. The Morgan fingerprint density at radius 1 is 0.811 bits per heavy atom. The quantitative estimate of drug-likeness (QED) is 0.176. The number of hydrogen-bond donors (Lipinski definition) is 0. The van der Waals surface area contributed by atoms with Crippen LogP contribution in [0.5, 0.6) is 0 Å². The Kier molecular flexibility index (Phi) is 7.55. The Bertz CT molecular complexity index is 1200. The Balaban J connectivity index is 1.61. The van der Waals surface area contributed by atoms with Crippen LogP contribution in [0.25, 0.3) is 0 Å². The Morgan fingerprint density at radius 2 is 1.27 bits per heavy atom. The fourth-order valence-electron chi connectivity index (χ4n) is 3.71. The van der Waals surface area contributed by atoms with Gasteiger partial charge in [-0.2, -0.15) is 26.3 Å². The third-order valence-electron chi connectivity index (χ3n) is 5.55. The fourth-order valence-corrected chi connectivity index (χ4v) is 4.16. The number of esters is 1. The third-order valence-corrected chi connectivity index (χ3v) is 6.23. The lowest BCUT2D eigenvalue weighted by Gasteiger charge is -2.40. The van der Waals surface area contributed by atoms with Gasteiger partial charge in [-0.15, -0.1) is 0 Å². The number of benzene rings is 3. The van der Waals surface area contributed by atoms with Crippen molar-refractivity contribution in [3.8, 4) is 0 Å². The van der Waals surface area contributed by atoms with E-state index in [-0.39, 0.29) is 29.9 Å². The van der Waals surface area contributed by atoms with Gasteiger partial charge in [-0.05, 0) is 65.1 Å². The van der Waals surface area contributed by atoms with E-state index < -0.39 is 47.2 Å². The maximum atomic E-state index is 14.1. The van der Waals surface area contributed by atoms with Gasteiger partial charge in [0.15, 0.2) is 0 Å². The predicted octanol–water partition coefficient (Wildman–Crippen LogP) is 6.94. The number of carbonyl (C=O) groups excluding carboxylic acids is 1. The van der Waals surface area contributed by atoms with Crippen LogP contribution in [0, 0.1) is 9.39 Å². The van der Waals surface area contributed by atoms with Crippen LogP contribution in [-0.4, -0.2) is 25.3 Å². The summed E-state index contributed by atoms with van der Waals surface area (Å²) in [6.07, 6.45) is -10.3. The van der Waals surface area contributed by atoms with Crippen molar-refractivity contribution in [2.75, 3.05) is 13.2 Å². The molecule has 1 heterocycles. The lowest BCUT2D eigenvalue weighted by molar-refractivity contribution is -0.277. The molecule has 0 spiro atoms. The molecule has 0 aromatic heterocycles. The highest BCUT2D eigenvalue weighted by Gasteiger charge is 2.44. The molecular weight excluding hydrogens is 624 g/mol. The highest BCUT2D eigenvalue weighted by atomic mass is 127. The van der Waals surface area contributed by atoms with Crippen molar-refractivity contribution in [1.82, 2.24) is 0 Å². The molecule has 3 aromatic carbocycles. The van der Waals surface area contributed by atoms with Crippen LogP contribution in [0.2, 0.25) is 0 Å². The molecule has 1 fully saturated rings. The summed E-state index contributed by atoms with van der Waals surface area (Å²) in [5.74, 6) is -3.66. The average molecular weight is 640 g/mol. The zero-order valence-electron chi connectivity index (χ0n) is 18.5. The second kappa shape index (κ2) is 10.2. The number of alkyl halides is 6. The highest BCUT2D eigenvalue weighted by Crippen LogP contribution is 2.41. The molecule has 3 aromatic rings. The van der Waals surface area contributed by atoms with Crippen molar-refractivity contribution in [3.05, 3.63) is 104 Å². The molecule has 0 bridgehead atoms. The van der Waals surface area contributed by atoms with E-state index in [1.807, 2.05) is 22.6 Å². The largest absolute Gasteiger partial charge is 0.454 e. The van der Waals surface area contributed by atoms with Crippen LogP contribution in [0.4, 0.5) is 30.7 Å². The monoisotopic (exact) mass is 640 g/mol. The normalized spacial score (nSPS) is 16.4. The standard InChI is InChI=1S/C25H16F7IO4/c26-21-11-18(33)9-10-20(21)22(34)37-19-12-35-23(36-13-19,14-1-5-16(6-2-14)24(27,28)29)15-3-7-17(8-4-15)25(30,31)32/h1-11,19H,12-13H2. The number of hydrogen-bond acceptors (Lipinski definition) is 4. The van der Waals surface area contributed by atoms with E-state index in [1.54, 1.807) is 0 Å². The lowest BCUT2D eigenvalue weighted by Crippen LogP contribution is -2.46. The van der Waals surface area contributed by atoms with E-state index >= 15 is 0 Å². The van der Waals surface area contributed by atoms with Crippen LogP contribution in [0.15, 0.2) is 66.7 Å². The maximum absolute atomic E-state index is 14.1. The molecule has 0 unspecified atom stereocenters. The third kappa shape index (κ3) is 5.91. The summed E-state index contributed by atoms with van der Waals surface area (Å²) >= 11 is 1.87. The molecule has 0 N–H and O–H groups in total. The molecule has 1 aliphatic rings. The molecule has 0 saturated carbocycles. The summed E-state index contributed by atoms with van der Waals surface area (Å²) in [6, 6.07) is 11.4. The summed E-state index contributed by atoms with van der Waals surface area (Å²) in [7, 11) is 0. The minimum Gasteiger partial charge on any atom is -0.454 e. The molecule has 196 valence electrons. The van der Waals surface area contributed by atoms with Gasteiger partial charge in [-0.25, -0.2) is 9.18 Å². The van der Waals surface area contributed by atoms with Gasteiger partial charge in [0.1, 0.15) is 11.9 Å². The van der Waals surface area contributed by atoms with Crippen LogP contribution >= 0.6 is 22.6 Å². The summed E-state index contributed by atoms with van der Waals surface area (Å²) in [4.78, 5) is 12.4. The van der Waals surface area contributed by atoms with Gasteiger partial charge >= 0.3 is 18.3 Å². The van der Waals surface area contributed by atoms with Gasteiger partial charge in [0.05, 0.1) is 29.9 Å². The fraction of sp³-hybridized carbons (Fsp3) is 0.240. The van der Waals surface area contributed by atoms with E-state index in [1.165, 1.54) is 12.1 Å². The summed E-state index contributed by atoms with van der Waals surface area (Å²) in [6.45, 7) is -0.667. The molecule has 1 aliphatic heterocycles. The van der Waals surface area contributed by atoms with Crippen molar-refractivity contribution >= 4 is 28.6 Å². The number of ether oxygens (including phenoxy) is 3. The molecule has 12 heteroatoms. The number of carbonyl (C=O) groups is 1. The van der Waals surface area contributed by atoms with Gasteiger partial charge < -0.3 is 14.2 Å². The van der Waals surface area contributed by atoms with Gasteiger partial charge in [0.25, 0.3) is 0 Å². The van der Waals surface area contributed by atoms with Gasteiger partial charge in [0.2, 0.25) is 5.79 Å². The van der Waals surface area contributed by atoms with E-state index in [4.69, 9.17) is 14.2 Å². The smallest absolute Gasteiger partial charge is 0.416 e. The molecular formula is C25H16F7IO4. The molecule has 4 nitrogen and oxygen atoms in total. The Morgan fingerprint density at radius 3 is 1.68 bits per heavy atom. The zero-order chi connectivity index (χ0) is 27.0. The molecule has 0 aliphatic carbocycles. The molecule has 0 radical (unpaired) electrons. The van der Waals surface area contributed by atoms with E-state index in [0.29, 0.717) is 3.57 Å². The summed E-state index contributed by atoms with van der Waals surface area (Å²) < 4.78 is 110. The Labute approximate surface area is 219 Å². The number of rotatable bonds is 4. The van der Waals surface area contributed by atoms with Crippen molar-refractivity contribution in [3.63, 3.8) is 0 Å². The first-order chi connectivity index (χ1) is 17.3. The van der Waals surface area contributed by atoms with Crippen LogP contribution in [-0.2, 0) is 32.4 Å². The minimum absolute atomic E-state index is 0.0775. The van der Waals surface area contributed by atoms with E-state index in [0.717, 1.165) is 54.6 Å². The van der Waals surface area contributed by atoms with E-state index in [9.17, 15) is 35.5 Å². The average Bonchev–Trinajstić information content (AvgIpc) is 2.84. The maximum Gasteiger partial charge on any atom is 0.416 e. The second-order valence-electron chi connectivity index (χ2n) is 8.04. The van der Waals surface area contributed by atoms with Gasteiger partial charge in [-0.3, -0.25) is 0 Å². The van der Waals surface area contributed by atoms with Crippen LogP contribution < -0.4 is 0 Å². The first-order valence-corrected chi connectivity index (χ1v) is 11.7. The Hall–Kier alpha value is -2.71. The molecule has 1 saturated heterocycles. The molecule has 37 heavy (non-hydrogen) atoms. The van der Waals surface area contributed by atoms with Crippen LogP contribution in [0.1, 0.15) is 32.6 Å². The molecule has 0 amide bonds. The topological polar surface area (TPSA) is 44.8 Å². The predicted molar refractivity (Wildman–Crippen MR) is 124 cm³/mol. The van der Waals surface area contributed by atoms with Crippen molar-refractivity contribution < 1.29 is 49.7 Å². The van der Waals surface area contributed by atoms with Crippen LogP contribution in [0.3, 0.4) is 0 Å². The van der Waals surface area contributed by atoms with E-state index in [2.05, 4.69) is 0 Å². The number of halogens is 8. The lowest BCUT2D eigenvalue weighted by atomic mass is 9.94. The first kappa shape index (κ1) is 27.3. The zero-order valence-corrected chi connectivity index (χ0v) is 20.7. The van der Waals surface area contributed by atoms with Gasteiger partial charge in [-0.1, -0.05) is 24.3 Å². The second-order valence-corrected chi connectivity index (χ2v) is 9.29. The molecule has 4 rings (SSSR count). The molecule has 0 atom stereocenters. The van der Waals surface area contributed by atoms with Crippen molar-refractivity contribution in [2.24, 2.45) is 0 Å². The van der Waals surface area contributed by atoms with Crippen molar-refractivity contribution in [2.45, 2.75) is 24.2 Å². The SMILES string of the molecule is O=C(OC1COC(c2ccc(C(F)(F)F)cc2)(c2ccc(C(F)(F)F)cc2)OC1)c1ccc(I)cc1F. The summed E-state index contributed by atoms with van der Waals surface area (Å²) in [5.41, 5.74) is -2.05. The van der Waals surface area contributed by atoms with Gasteiger partial charge in [0, 0.05) is 14.7 Å². The highest BCUT2D eigenvalue weighted by molar-refractivity contribution is 14.1. The first-order valence-electron chi connectivity index (χ1n) is 10.6.